The van der Waals surface area contributed by atoms with Crippen LogP contribution in [0.4, 0.5) is 5.69 Å². The molecule has 1 atom stereocenters. The third-order valence-corrected chi connectivity index (χ3v) is 5.10. The number of amides is 1. The van der Waals surface area contributed by atoms with Crippen LogP contribution in [0.3, 0.4) is 0 Å². The number of fused-ring (bicyclic) bond motifs is 3. The number of benzene rings is 1. The number of anilines is 1. The number of hydrogen-bond acceptors (Lipinski definition) is 3. The van der Waals surface area contributed by atoms with E-state index in [9.17, 15) is 4.79 Å². The van der Waals surface area contributed by atoms with Crippen molar-refractivity contribution in [2.45, 2.75) is 51.0 Å². The van der Waals surface area contributed by atoms with Crippen LogP contribution in [0.5, 0.6) is 0 Å². The standard InChI is InChI=1S/C18H22N2O2/c19-18(21)15-6-4-10-20(15)12-8-9-17-14(11-12)13-5-2-1-3-7-16(13)22-17/h8-9,11,15H,1-7,10H2,(H2,19,21)/t15-/m0/s1. The van der Waals surface area contributed by atoms with E-state index < -0.39 is 0 Å². The maximum Gasteiger partial charge on any atom is 0.240 e. The normalized spacial score (nSPS) is 21.8. The molecule has 0 spiro atoms. The van der Waals surface area contributed by atoms with Crippen molar-refractivity contribution in [3.63, 3.8) is 0 Å². The van der Waals surface area contributed by atoms with Crippen LogP contribution < -0.4 is 10.6 Å². The second kappa shape index (κ2) is 5.34. The summed E-state index contributed by atoms with van der Waals surface area (Å²) in [6.45, 7) is 0.902. The van der Waals surface area contributed by atoms with Gasteiger partial charge in [0.1, 0.15) is 17.4 Å². The molecular formula is C18H22N2O2. The lowest BCUT2D eigenvalue weighted by Gasteiger charge is -2.24. The molecule has 1 aromatic carbocycles. The lowest BCUT2D eigenvalue weighted by atomic mass is 10.1. The Morgan fingerprint density at radius 3 is 2.91 bits per heavy atom. The van der Waals surface area contributed by atoms with E-state index in [4.69, 9.17) is 10.2 Å². The first-order chi connectivity index (χ1) is 10.7. The molecule has 1 saturated heterocycles. The molecule has 1 aromatic heterocycles. The van der Waals surface area contributed by atoms with E-state index in [0.29, 0.717) is 0 Å². The quantitative estimate of drug-likeness (QED) is 0.866. The van der Waals surface area contributed by atoms with Gasteiger partial charge >= 0.3 is 0 Å². The maximum absolute atomic E-state index is 11.6. The predicted octanol–water partition coefficient (Wildman–Crippen LogP) is 3.16. The van der Waals surface area contributed by atoms with Crippen molar-refractivity contribution in [3.8, 4) is 0 Å². The van der Waals surface area contributed by atoms with E-state index in [-0.39, 0.29) is 11.9 Å². The molecule has 1 aliphatic carbocycles. The summed E-state index contributed by atoms with van der Waals surface area (Å²) in [5.74, 6) is 0.946. The number of hydrogen-bond donors (Lipinski definition) is 1. The summed E-state index contributed by atoms with van der Waals surface area (Å²) >= 11 is 0. The number of furan rings is 1. The van der Waals surface area contributed by atoms with Gasteiger partial charge in [0.15, 0.2) is 0 Å². The second-order valence-corrected chi connectivity index (χ2v) is 6.50. The first-order valence-electron chi connectivity index (χ1n) is 8.34. The minimum absolute atomic E-state index is 0.164. The van der Waals surface area contributed by atoms with E-state index in [1.54, 1.807) is 0 Å². The lowest BCUT2D eigenvalue weighted by molar-refractivity contribution is -0.119. The van der Waals surface area contributed by atoms with Crippen molar-refractivity contribution in [1.82, 2.24) is 0 Å². The first-order valence-corrected chi connectivity index (χ1v) is 8.34. The van der Waals surface area contributed by atoms with Gasteiger partial charge in [-0.3, -0.25) is 4.79 Å². The van der Waals surface area contributed by atoms with Crippen LogP contribution in [0.25, 0.3) is 11.0 Å². The van der Waals surface area contributed by atoms with Gasteiger partial charge in [-0.2, -0.15) is 0 Å². The fourth-order valence-corrected chi connectivity index (χ4v) is 3.98. The molecule has 4 nitrogen and oxygen atoms in total. The molecule has 1 amide bonds. The van der Waals surface area contributed by atoms with Gasteiger partial charge in [-0.05, 0) is 50.3 Å². The zero-order chi connectivity index (χ0) is 15.1. The molecular weight excluding hydrogens is 276 g/mol. The van der Waals surface area contributed by atoms with Gasteiger partial charge in [-0.1, -0.05) is 6.42 Å². The summed E-state index contributed by atoms with van der Waals surface area (Å²) in [6, 6.07) is 6.15. The lowest BCUT2D eigenvalue weighted by Crippen LogP contribution is -2.40. The van der Waals surface area contributed by atoms with E-state index in [1.807, 2.05) is 0 Å². The largest absolute Gasteiger partial charge is 0.461 e. The van der Waals surface area contributed by atoms with E-state index in [1.165, 1.54) is 30.2 Å². The average Bonchev–Trinajstić information content (AvgIpc) is 3.05. The van der Waals surface area contributed by atoms with Crippen molar-refractivity contribution in [2.75, 3.05) is 11.4 Å². The topological polar surface area (TPSA) is 59.5 Å². The van der Waals surface area contributed by atoms with Gasteiger partial charge in [0.05, 0.1) is 0 Å². The first kappa shape index (κ1) is 13.7. The highest BCUT2D eigenvalue weighted by molar-refractivity contribution is 5.89. The molecule has 0 unspecified atom stereocenters. The molecule has 2 aliphatic rings. The van der Waals surface area contributed by atoms with Crippen molar-refractivity contribution in [1.29, 1.82) is 0 Å². The van der Waals surface area contributed by atoms with Crippen LogP contribution in [0.2, 0.25) is 0 Å². The highest BCUT2D eigenvalue weighted by Crippen LogP contribution is 2.35. The molecule has 2 heterocycles. The van der Waals surface area contributed by atoms with Crippen LogP contribution in [-0.2, 0) is 17.6 Å². The molecule has 22 heavy (non-hydrogen) atoms. The molecule has 1 fully saturated rings. The fraction of sp³-hybridized carbons (Fsp3) is 0.500. The summed E-state index contributed by atoms with van der Waals surface area (Å²) in [6.07, 6.45) is 7.76. The Kier molecular flexibility index (Phi) is 3.32. The number of nitrogens with two attached hydrogens (primary N) is 1. The van der Waals surface area contributed by atoms with Gasteiger partial charge in [-0.25, -0.2) is 0 Å². The average molecular weight is 298 g/mol. The SMILES string of the molecule is NC(=O)[C@@H]1CCCN1c1ccc2oc3c(c2c1)CCCCC3. The highest BCUT2D eigenvalue weighted by Gasteiger charge is 2.29. The van der Waals surface area contributed by atoms with Gasteiger partial charge < -0.3 is 15.1 Å². The van der Waals surface area contributed by atoms with Gasteiger partial charge in [0.2, 0.25) is 5.91 Å². The minimum atomic E-state index is -0.219. The maximum atomic E-state index is 11.6. The third kappa shape index (κ3) is 2.18. The van der Waals surface area contributed by atoms with Crippen molar-refractivity contribution < 1.29 is 9.21 Å². The Hall–Kier alpha value is -1.97. The zero-order valence-electron chi connectivity index (χ0n) is 12.8. The van der Waals surface area contributed by atoms with Crippen LogP contribution in [0, 0.1) is 0 Å². The Bertz CT molecular complexity index is 719. The van der Waals surface area contributed by atoms with Gasteiger partial charge in [0, 0.05) is 29.6 Å². The molecule has 4 heteroatoms. The number of rotatable bonds is 2. The summed E-state index contributed by atoms with van der Waals surface area (Å²) in [5.41, 5.74) is 9.01. The Balaban J connectivity index is 1.77. The van der Waals surface area contributed by atoms with Crippen LogP contribution in [0.1, 0.15) is 43.4 Å². The summed E-state index contributed by atoms with van der Waals surface area (Å²) in [5, 5.41) is 1.23. The minimum Gasteiger partial charge on any atom is -0.461 e. The third-order valence-electron chi connectivity index (χ3n) is 5.10. The summed E-state index contributed by atoms with van der Waals surface area (Å²) in [4.78, 5) is 13.8. The zero-order valence-corrected chi connectivity index (χ0v) is 12.8. The highest BCUT2D eigenvalue weighted by atomic mass is 16.3. The number of carbonyl (C=O) groups is 1. The van der Waals surface area contributed by atoms with E-state index >= 15 is 0 Å². The number of nitrogens with zero attached hydrogens (tertiary/aromatic N) is 1. The Labute approximate surface area is 130 Å². The van der Waals surface area contributed by atoms with Crippen molar-refractivity contribution >= 4 is 22.6 Å². The monoisotopic (exact) mass is 298 g/mol. The molecule has 2 aromatic rings. The van der Waals surface area contributed by atoms with Crippen LogP contribution in [-0.4, -0.2) is 18.5 Å². The van der Waals surface area contributed by atoms with Crippen molar-refractivity contribution in [3.05, 3.63) is 29.5 Å². The second-order valence-electron chi connectivity index (χ2n) is 6.50. The summed E-state index contributed by atoms with van der Waals surface area (Å²) in [7, 11) is 0. The van der Waals surface area contributed by atoms with Gasteiger partial charge in [-0.15, -0.1) is 0 Å². The fourth-order valence-electron chi connectivity index (χ4n) is 3.98. The van der Waals surface area contributed by atoms with Crippen LogP contribution >= 0.6 is 0 Å². The Morgan fingerprint density at radius 2 is 2.05 bits per heavy atom. The molecule has 116 valence electrons. The van der Waals surface area contributed by atoms with E-state index in [0.717, 1.165) is 49.3 Å². The smallest absolute Gasteiger partial charge is 0.240 e. The molecule has 0 radical (unpaired) electrons. The van der Waals surface area contributed by atoms with Crippen LogP contribution in [0.15, 0.2) is 22.6 Å². The molecule has 4 rings (SSSR count). The molecule has 1 aliphatic heterocycles. The molecule has 0 bridgehead atoms. The Morgan fingerprint density at radius 1 is 1.18 bits per heavy atom. The number of carbonyl (C=O) groups excluding carboxylic acids is 1. The summed E-state index contributed by atoms with van der Waals surface area (Å²) < 4.78 is 6.05. The van der Waals surface area contributed by atoms with Gasteiger partial charge in [0.25, 0.3) is 0 Å². The molecule has 0 saturated carbocycles. The number of aryl methyl sites for hydroxylation is 2. The van der Waals surface area contributed by atoms with Crippen molar-refractivity contribution in [2.24, 2.45) is 5.73 Å². The molecule has 2 N–H and O–H groups in total. The van der Waals surface area contributed by atoms with E-state index in [2.05, 4.69) is 23.1 Å². The number of primary amides is 1. The predicted molar refractivity (Wildman–Crippen MR) is 87.0 cm³/mol.